The molecular weight excluding hydrogens is 151 g/mol. The summed E-state index contributed by atoms with van der Waals surface area (Å²) in [6.45, 7) is 0. The smallest absolute Gasteiger partial charge is 0.268 e. The van der Waals surface area contributed by atoms with E-state index >= 15 is 0 Å². The highest BCUT2D eigenvalue weighted by Crippen LogP contribution is 2.49. The van der Waals surface area contributed by atoms with Crippen molar-refractivity contribution in [3.05, 3.63) is 0 Å². The lowest BCUT2D eigenvalue weighted by molar-refractivity contribution is 0.474. The lowest BCUT2D eigenvalue weighted by Gasteiger charge is -2.11. The molecule has 0 rings (SSSR count). The topological polar surface area (TPSA) is 20.3 Å². The molecule has 0 saturated carbocycles. The summed E-state index contributed by atoms with van der Waals surface area (Å²) in [5.41, 5.74) is -0.431. The zero-order valence-electron chi connectivity index (χ0n) is 4.77. The molecule has 0 radical (unpaired) electrons. The molecule has 0 spiro atoms. The molecule has 0 bridgehead atoms. The quantitative estimate of drug-likeness (QED) is 0.453. The molecule has 5 heteroatoms. The van der Waals surface area contributed by atoms with Crippen LogP contribution in [0.4, 0.5) is 4.20 Å². The summed E-state index contributed by atoms with van der Waals surface area (Å²) in [4.78, 5) is 0. The average Bonchev–Trinajstić information content (AvgIpc) is 1.67. The summed E-state index contributed by atoms with van der Waals surface area (Å²) >= 11 is 5.01. The fraction of sp³-hybridized carbons (Fsp3) is 1.00. The zero-order chi connectivity index (χ0) is 6.78. The van der Waals surface area contributed by atoms with Crippen LogP contribution in [-0.2, 0) is 4.57 Å². The Hall–Kier alpha value is 0.410. The molecular formula is C3H8ClFNOP. The minimum Gasteiger partial charge on any atom is -0.268 e. The van der Waals surface area contributed by atoms with Gasteiger partial charge in [0.25, 0.3) is 0 Å². The van der Waals surface area contributed by atoms with Gasteiger partial charge in [0.15, 0.2) is 0 Å². The number of rotatable bonds is 2. The molecule has 1 unspecified atom stereocenters. The van der Waals surface area contributed by atoms with Crippen molar-refractivity contribution in [3.8, 4) is 0 Å². The summed E-state index contributed by atoms with van der Waals surface area (Å²) in [5.74, 6) is 0. The second kappa shape index (κ2) is 2.81. The van der Waals surface area contributed by atoms with Crippen LogP contribution >= 0.6 is 19.2 Å². The first-order valence-electron chi connectivity index (χ1n) is 2.03. The molecule has 0 amide bonds. The van der Waals surface area contributed by atoms with Crippen molar-refractivity contribution in [1.29, 1.82) is 0 Å². The molecule has 0 fully saturated rings. The number of nitrogens with zero attached hydrogens (tertiary/aromatic N) is 1. The molecule has 0 N–H and O–H groups in total. The van der Waals surface area contributed by atoms with E-state index < -0.39 is 13.2 Å². The van der Waals surface area contributed by atoms with Crippen molar-refractivity contribution in [3.63, 3.8) is 0 Å². The largest absolute Gasteiger partial charge is 0.324 e. The Bertz CT molecular complexity index is 118. The van der Waals surface area contributed by atoms with Crippen molar-refractivity contribution in [2.45, 2.75) is 0 Å². The van der Waals surface area contributed by atoms with Crippen LogP contribution in [0.3, 0.4) is 0 Å². The first-order chi connectivity index (χ1) is 3.50. The van der Waals surface area contributed by atoms with Gasteiger partial charge in [-0.3, -0.25) is 4.57 Å². The second-order valence-electron chi connectivity index (χ2n) is 1.58. The molecule has 0 aromatic heterocycles. The molecule has 0 heterocycles. The monoisotopic (exact) mass is 159 g/mol. The van der Waals surface area contributed by atoms with E-state index in [1.54, 1.807) is 0 Å². The molecule has 8 heavy (non-hydrogen) atoms. The minimum absolute atomic E-state index is 0.431. The van der Waals surface area contributed by atoms with Crippen molar-refractivity contribution in [2.24, 2.45) is 0 Å². The molecule has 0 aliphatic heterocycles. The third kappa shape index (κ3) is 2.12. The molecule has 2 nitrogen and oxygen atoms in total. The van der Waals surface area contributed by atoms with E-state index in [1.165, 1.54) is 14.1 Å². The van der Waals surface area contributed by atoms with Gasteiger partial charge >= 0.3 is 7.60 Å². The van der Waals surface area contributed by atoms with E-state index in [-0.39, 0.29) is 0 Å². The number of hydrogen-bond donors (Lipinski definition) is 0. The first kappa shape index (κ1) is 8.41. The Morgan fingerprint density at radius 1 is 1.75 bits per heavy atom. The summed E-state index contributed by atoms with van der Waals surface area (Å²) in [6, 6.07) is 0. The lowest BCUT2D eigenvalue weighted by atomic mass is 11.3. The van der Waals surface area contributed by atoms with Crippen molar-refractivity contribution in [2.75, 3.05) is 19.7 Å². The van der Waals surface area contributed by atoms with Crippen LogP contribution in [0.25, 0.3) is 0 Å². The molecule has 0 aliphatic rings. The summed E-state index contributed by atoms with van der Waals surface area (Å²) in [7, 11) is -0.863. The Kier molecular flexibility index (Phi) is 2.95. The maximum atomic E-state index is 12.3. The standard InChI is InChI=1S/C3H8ClFNOP/c1-6(2)8(5,7)3-4/h3H2,1-2H3. The van der Waals surface area contributed by atoms with Gasteiger partial charge in [0.2, 0.25) is 0 Å². The maximum Gasteiger partial charge on any atom is 0.324 e. The third-order valence-electron chi connectivity index (χ3n) is 0.745. The number of halogens is 2. The van der Waals surface area contributed by atoms with Gasteiger partial charge in [-0.15, -0.1) is 11.6 Å². The Morgan fingerprint density at radius 3 is 2.12 bits per heavy atom. The average molecular weight is 160 g/mol. The molecule has 0 saturated heterocycles. The summed E-state index contributed by atoms with van der Waals surface area (Å²) in [5, 5.41) is 0. The predicted molar refractivity (Wildman–Crippen MR) is 33.1 cm³/mol. The Labute approximate surface area is 53.2 Å². The van der Waals surface area contributed by atoms with E-state index in [4.69, 9.17) is 11.6 Å². The highest BCUT2D eigenvalue weighted by molar-refractivity contribution is 7.57. The SMILES string of the molecule is CN(C)P(=O)(F)CCl. The van der Waals surface area contributed by atoms with Gasteiger partial charge in [0.05, 0.1) is 0 Å². The van der Waals surface area contributed by atoms with E-state index in [0.29, 0.717) is 0 Å². The fourth-order valence-electron chi connectivity index (χ4n) is 0.107. The van der Waals surface area contributed by atoms with Crippen LogP contribution in [-0.4, -0.2) is 24.4 Å². The van der Waals surface area contributed by atoms with Crippen LogP contribution in [0.5, 0.6) is 0 Å². The zero-order valence-corrected chi connectivity index (χ0v) is 6.42. The van der Waals surface area contributed by atoms with Crippen molar-refractivity contribution in [1.82, 2.24) is 4.67 Å². The van der Waals surface area contributed by atoms with Crippen molar-refractivity contribution >= 4 is 19.2 Å². The van der Waals surface area contributed by atoms with Gasteiger partial charge in [0, 0.05) is 0 Å². The fourth-order valence-corrected chi connectivity index (χ4v) is 0.962. The summed E-state index contributed by atoms with van der Waals surface area (Å²) < 4.78 is 23.7. The van der Waals surface area contributed by atoms with E-state index in [9.17, 15) is 8.76 Å². The highest BCUT2D eigenvalue weighted by atomic mass is 35.5. The first-order valence-corrected chi connectivity index (χ1v) is 4.30. The molecule has 0 aliphatic carbocycles. The molecule has 0 aromatic rings. The van der Waals surface area contributed by atoms with E-state index in [1.807, 2.05) is 0 Å². The van der Waals surface area contributed by atoms with Crippen LogP contribution < -0.4 is 0 Å². The Balaban J connectivity index is 3.93. The molecule has 50 valence electrons. The van der Waals surface area contributed by atoms with Crippen LogP contribution in [0.1, 0.15) is 0 Å². The van der Waals surface area contributed by atoms with E-state index in [0.717, 1.165) is 4.67 Å². The van der Waals surface area contributed by atoms with E-state index in [2.05, 4.69) is 0 Å². The van der Waals surface area contributed by atoms with Gasteiger partial charge in [-0.05, 0) is 14.1 Å². The predicted octanol–water partition coefficient (Wildman–Crippen LogP) is 1.91. The Morgan fingerprint density at radius 2 is 2.12 bits per heavy atom. The van der Waals surface area contributed by atoms with Gasteiger partial charge < -0.3 is 0 Å². The van der Waals surface area contributed by atoms with Crippen LogP contribution in [0.2, 0.25) is 0 Å². The lowest BCUT2D eigenvalue weighted by Crippen LogP contribution is -2.04. The third-order valence-corrected chi connectivity index (χ3v) is 3.12. The highest BCUT2D eigenvalue weighted by Gasteiger charge is 2.21. The van der Waals surface area contributed by atoms with Gasteiger partial charge in [-0.1, -0.05) is 0 Å². The summed E-state index contributed by atoms with van der Waals surface area (Å²) in [6.07, 6.45) is 0. The molecule has 1 atom stereocenters. The van der Waals surface area contributed by atoms with Gasteiger partial charge in [0.1, 0.15) is 5.62 Å². The minimum atomic E-state index is -3.65. The molecule has 0 aromatic carbocycles. The van der Waals surface area contributed by atoms with Crippen molar-refractivity contribution < 1.29 is 8.76 Å². The second-order valence-corrected chi connectivity index (χ2v) is 4.57. The number of alkyl halides is 1. The number of hydrogen-bond acceptors (Lipinski definition) is 1. The maximum absolute atomic E-state index is 12.3. The van der Waals surface area contributed by atoms with Gasteiger partial charge in [-0.25, -0.2) is 4.67 Å². The van der Waals surface area contributed by atoms with Gasteiger partial charge in [-0.2, -0.15) is 4.20 Å². The van der Waals surface area contributed by atoms with Crippen LogP contribution in [0.15, 0.2) is 0 Å². The normalized spacial score (nSPS) is 18.6. The van der Waals surface area contributed by atoms with Crippen LogP contribution in [0, 0.1) is 0 Å².